The molecule has 0 saturated heterocycles. The molecule has 1 N–H and O–H groups in total. The van der Waals surface area contributed by atoms with Crippen molar-refractivity contribution in [1.29, 1.82) is 0 Å². The predicted octanol–water partition coefficient (Wildman–Crippen LogP) is 4.04. The Labute approximate surface area is 188 Å². The number of nitrogens with one attached hydrogen (secondary N) is 1. The Morgan fingerprint density at radius 3 is 2.47 bits per heavy atom. The van der Waals surface area contributed by atoms with Crippen LogP contribution in [-0.2, 0) is 24.2 Å². The number of anilines is 1. The molecule has 4 aromatic rings. The van der Waals surface area contributed by atoms with Crippen LogP contribution in [0.2, 0.25) is 0 Å². The van der Waals surface area contributed by atoms with Crippen molar-refractivity contribution in [1.82, 2.24) is 9.13 Å². The molecule has 162 valence electrons. The van der Waals surface area contributed by atoms with Gasteiger partial charge in [-0.1, -0.05) is 35.9 Å². The van der Waals surface area contributed by atoms with Gasteiger partial charge in [0.05, 0.1) is 11.1 Å². The van der Waals surface area contributed by atoms with Crippen LogP contribution >= 0.6 is 11.3 Å². The van der Waals surface area contributed by atoms with Crippen LogP contribution in [0.4, 0.5) is 5.69 Å². The van der Waals surface area contributed by atoms with Crippen LogP contribution in [0, 0.1) is 6.92 Å². The highest BCUT2D eigenvalue weighted by molar-refractivity contribution is 7.18. The summed E-state index contributed by atoms with van der Waals surface area (Å²) >= 11 is 1.48. The number of carbonyl (C=O) groups is 1. The molecule has 7 heteroatoms. The molecule has 5 rings (SSSR count). The average molecular weight is 446 g/mol. The number of fused-ring (bicyclic) bond motifs is 3. The largest absolute Gasteiger partial charge is 0.337 e. The zero-order valence-electron chi connectivity index (χ0n) is 17.8. The van der Waals surface area contributed by atoms with E-state index in [9.17, 15) is 14.4 Å². The topological polar surface area (TPSA) is 73.1 Å². The molecular formula is C25H23N3O3S. The van der Waals surface area contributed by atoms with E-state index in [0.29, 0.717) is 21.6 Å². The third kappa shape index (κ3) is 3.58. The second-order valence-electron chi connectivity index (χ2n) is 8.15. The summed E-state index contributed by atoms with van der Waals surface area (Å²) < 4.78 is 2.65. The average Bonchev–Trinajstić information content (AvgIpc) is 3.19. The van der Waals surface area contributed by atoms with Crippen LogP contribution in [-0.4, -0.2) is 15.0 Å². The molecule has 0 aliphatic heterocycles. The van der Waals surface area contributed by atoms with Crippen molar-refractivity contribution in [3.05, 3.63) is 91.4 Å². The van der Waals surface area contributed by atoms with E-state index < -0.39 is 5.69 Å². The Bertz CT molecular complexity index is 1430. The molecule has 2 heterocycles. The Kier molecular flexibility index (Phi) is 5.27. The van der Waals surface area contributed by atoms with Gasteiger partial charge in [0.2, 0.25) is 5.91 Å². The van der Waals surface area contributed by atoms with Crippen molar-refractivity contribution < 1.29 is 4.79 Å². The number of hydrogen-bond acceptors (Lipinski definition) is 4. The molecule has 0 unspecified atom stereocenters. The number of aromatic nitrogens is 2. The standard InChI is InChI=1S/C25H23N3O3S/c1-16-11-13-17(14-12-16)26-21(29)15-27-24-22(19-9-5-6-10-20(19)32-24)23(30)28(25(27)31)18-7-3-2-4-8-18/h2-4,7-8,11-14H,5-6,9-10,15H2,1H3,(H,26,29). The molecule has 6 nitrogen and oxygen atoms in total. The number of rotatable bonds is 4. The highest BCUT2D eigenvalue weighted by atomic mass is 32.1. The van der Waals surface area contributed by atoms with Gasteiger partial charge < -0.3 is 5.32 Å². The Balaban J connectivity index is 1.66. The van der Waals surface area contributed by atoms with E-state index in [-0.39, 0.29) is 18.0 Å². The Hall–Kier alpha value is -3.45. The first-order valence-electron chi connectivity index (χ1n) is 10.7. The molecule has 0 fully saturated rings. The van der Waals surface area contributed by atoms with Crippen molar-refractivity contribution in [3.63, 3.8) is 0 Å². The Morgan fingerprint density at radius 1 is 1.00 bits per heavy atom. The lowest BCUT2D eigenvalue weighted by molar-refractivity contribution is -0.116. The fourth-order valence-corrected chi connectivity index (χ4v) is 5.67. The second kappa shape index (κ2) is 8.24. The Morgan fingerprint density at radius 2 is 1.72 bits per heavy atom. The van der Waals surface area contributed by atoms with Gasteiger partial charge in [-0.25, -0.2) is 9.36 Å². The van der Waals surface area contributed by atoms with Crippen LogP contribution in [0.1, 0.15) is 28.8 Å². The van der Waals surface area contributed by atoms with Gasteiger partial charge in [-0.05, 0) is 62.4 Å². The molecular weight excluding hydrogens is 422 g/mol. The number of carbonyl (C=O) groups excluding carboxylic acids is 1. The van der Waals surface area contributed by atoms with Crippen molar-refractivity contribution in [2.45, 2.75) is 39.2 Å². The molecule has 0 bridgehead atoms. The van der Waals surface area contributed by atoms with Gasteiger partial charge >= 0.3 is 5.69 Å². The lowest BCUT2D eigenvalue weighted by Gasteiger charge is -2.13. The minimum absolute atomic E-state index is 0.157. The van der Waals surface area contributed by atoms with E-state index in [2.05, 4.69) is 5.32 Å². The molecule has 0 atom stereocenters. The summed E-state index contributed by atoms with van der Waals surface area (Å²) in [5.74, 6) is -0.304. The maximum atomic E-state index is 13.5. The van der Waals surface area contributed by atoms with Gasteiger partial charge in [0.25, 0.3) is 5.56 Å². The third-order valence-electron chi connectivity index (χ3n) is 5.89. The smallest absolute Gasteiger partial charge is 0.325 e. The van der Waals surface area contributed by atoms with Crippen LogP contribution < -0.4 is 16.6 Å². The SMILES string of the molecule is Cc1ccc(NC(=O)Cn2c(=O)n(-c3ccccc3)c(=O)c3c4c(sc32)CCCC4)cc1. The van der Waals surface area contributed by atoms with Crippen molar-refractivity contribution in [3.8, 4) is 5.69 Å². The normalized spacial score (nSPS) is 13.2. The molecule has 2 aromatic carbocycles. The maximum absolute atomic E-state index is 13.5. The number of amides is 1. The first-order valence-corrected chi connectivity index (χ1v) is 11.6. The van der Waals surface area contributed by atoms with Crippen LogP contribution in [0.25, 0.3) is 15.9 Å². The molecule has 1 aliphatic rings. The monoisotopic (exact) mass is 445 g/mol. The summed E-state index contributed by atoms with van der Waals surface area (Å²) in [6, 6.07) is 16.4. The lowest BCUT2D eigenvalue weighted by Crippen LogP contribution is -2.40. The van der Waals surface area contributed by atoms with E-state index in [1.54, 1.807) is 24.3 Å². The number of aryl methyl sites for hydroxylation is 3. The number of para-hydroxylation sites is 1. The molecule has 1 amide bonds. The van der Waals surface area contributed by atoms with E-state index in [1.807, 2.05) is 37.3 Å². The summed E-state index contributed by atoms with van der Waals surface area (Å²) in [5.41, 5.74) is 2.52. The number of nitrogens with zero attached hydrogens (tertiary/aromatic N) is 2. The minimum Gasteiger partial charge on any atom is -0.325 e. The number of benzene rings is 2. The molecule has 0 spiro atoms. The van der Waals surface area contributed by atoms with Gasteiger partial charge in [-0.3, -0.25) is 14.2 Å². The lowest BCUT2D eigenvalue weighted by atomic mass is 9.97. The van der Waals surface area contributed by atoms with Crippen molar-refractivity contribution in [2.75, 3.05) is 5.32 Å². The summed E-state index contributed by atoms with van der Waals surface area (Å²) in [7, 11) is 0. The highest BCUT2D eigenvalue weighted by Gasteiger charge is 2.25. The van der Waals surface area contributed by atoms with Gasteiger partial charge in [0, 0.05) is 10.6 Å². The maximum Gasteiger partial charge on any atom is 0.337 e. The van der Waals surface area contributed by atoms with Gasteiger partial charge in [-0.15, -0.1) is 11.3 Å². The summed E-state index contributed by atoms with van der Waals surface area (Å²) in [4.78, 5) is 41.6. The van der Waals surface area contributed by atoms with Crippen molar-refractivity contribution in [2.24, 2.45) is 0 Å². The van der Waals surface area contributed by atoms with Crippen LogP contribution in [0.3, 0.4) is 0 Å². The molecule has 2 aromatic heterocycles. The molecule has 32 heavy (non-hydrogen) atoms. The first kappa shape index (κ1) is 20.5. The minimum atomic E-state index is -0.494. The van der Waals surface area contributed by atoms with Gasteiger partial charge in [0.15, 0.2) is 0 Å². The quantitative estimate of drug-likeness (QED) is 0.515. The summed E-state index contributed by atoms with van der Waals surface area (Å²) in [6.45, 7) is 1.82. The van der Waals surface area contributed by atoms with Crippen LogP contribution in [0.15, 0.2) is 64.2 Å². The van der Waals surface area contributed by atoms with Gasteiger partial charge in [0.1, 0.15) is 11.4 Å². The first-order chi connectivity index (χ1) is 15.5. The number of thiophene rings is 1. The fourth-order valence-electron chi connectivity index (χ4n) is 4.29. The predicted molar refractivity (Wildman–Crippen MR) is 128 cm³/mol. The van der Waals surface area contributed by atoms with E-state index in [4.69, 9.17) is 0 Å². The summed E-state index contributed by atoms with van der Waals surface area (Å²) in [6.07, 6.45) is 3.83. The van der Waals surface area contributed by atoms with Crippen molar-refractivity contribution >= 4 is 33.1 Å². The zero-order chi connectivity index (χ0) is 22.2. The highest BCUT2D eigenvalue weighted by Crippen LogP contribution is 2.34. The van der Waals surface area contributed by atoms with E-state index >= 15 is 0 Å². The second-order valence-corrected chi connectivity index (χ2v) is 9.23. The van der Waals surface area contributed by atoms with Crippen LogP contribution in [0.5, 0.6) is 0 Å². The van der Waals surface area contributed by atoms with Gasteiger partial charge in [-0.2, -0.15) is 0 Å². The molecule has 0 saturated carbocycles. The summed E-state index contributed by atoms with van der Waals surface area (Å²) in [5, 5.41) is 3.44. The zero-order valence-corrected chi connectivity index (χ0v) is 18.6. The third-order valence-corrected chi connectivity index (χ3v) is 7.20. The van der Waals surface area contributed by atoms with E-state index in [0.717, 1.165) is 41.7 Å². The molecule has 1 aliphatic carbocycles. The van der Waals surface area contributed by atoms with E-state index in [1.165, 1.54) is 20.5 Å². The molecule has 0 radical (unpaired) electrons. The number of hydrogen-bond donors (Lipinski definition) is 1. The fraction of sp³-hybridized carbons (Fsp3) is 0.240.